The fourth-order valence-corrected chi connectivity index (χ4v) is 6.39. The number of alkyl halides is 6. The van der Waals surface area contributed by atoms with E-state index >= 15 is 0 Å². The van der Waals surface area contributed by atoms with Gasteiger partial charge in [0.05, 0.1) is 59.8 Å². The molecule has 0 saturated heterocycles. The molecule has 0 aromatic heterocycles. The van der Waals surface area contributed by atoms with Crippen molar-refractivity contribution in [1.29, 1.82) is 10.5 Å². The number of allylic oxidation sites excluding steroid dienone is 4. The van der Waals surface area contributed by atoms with E-state index < -0.39 is 47.0 Å². The molecule has 0 saturated carbocycles. The molecule has 1 aliphatic carbocycles. The summed E-state index contributed by atoms with van der Waals surface area (Å²) >= 11 is 0. The summed E-state index contributed by atoms with van der Waals surface area (Å²) in [6.45, 7) is 15.0. The number of benzene rings is 2. The predicted molar refractivity (Wildman–Crippen MR) is 195 cm³/mol. The average molecular weight is 732 g/mol. The third kappa shape index (κ3) is 12.8. The van der Waals surface area contributed by atoms with Crippen LogP contribution in [0.15, 0.2) is 81.1 Å². The van der Waals surface area contributed by atoms with Gasteiger partial charge in [-0.3, -0.25) is 0 Å². The minimum atomic E-state index is -5.22. The van der Waals surface area contributed by atoms with Crippen molar-refractivity contribution in [3.05, 3.63) is 76.4 Å². The van der Waals surface area contributed by atoms with Crippen molar-refractivity contribution in [2.45, 2.75) is 97.8 Å². The Morgan fingerprint density at radius 1 is 0.615 bits per heavy atom. The van der Waals surface area contributed by atoms with Crippen LogP contribution < -0.4 is 4.90 Å². The van der Waals surface area contributed by atoms with Crippen LogP contribution in [0.3, 0.4) is 0 Å². The second-order valence-corrected chi connectivity index (χ2v) is 13.5. The van der Waals surface area contributed by atoms with Gasteiger partial charge in [-0.1, -0.05) is 65.5 Å². The molecule has 0 unspecified atom stereocenters. The summed E-state index contributed by atoms with van der Waals surface area (Å²) < 4.78 is 83.5. The molecule has 12 heteroatoms. The number of anilines is 1. The number of quaternary nitrogens is 1. The molecule has 0 atom stereocenters. The molecular weight excluding hydrogens is 678 g/mol. The lowest BCUT2D eigenvalue weighted by atomic mass is 9.87. The zero-order valence-electron chi connectivity index (χ0n) is 31.3. The highest BCUT2D eigenvalue weighted by Gasteiger charge is 2.55. The summed E-state index contributed by atoms with van der Waals surface area (Å²) in [7, 11) is 3.76. The van der Waals surface area contributed by atoms with Gasteiger partial charge in [0, 0.05) is 25.7 Å². The molecule has 0 heterocycles. The molecule has 284 valence electrons. The van der Waals surface area contributed by atoms with Crippen LogP contribution in [0.4, 0.5) is 43.4 Å². The summed E-state index contributed by atoms with van der Waals surface area (Å²) in [4.78, 5) is 1.90. The van der Waals surface area contributed by atoms with Crippen LogP contribution in [0.25, 0.3) is 0 Å². The molecule has 0 spiro atoms. The predicted octanol–water partition coefficient (Wildman–Crippen LogP) is 12.1. The molecule has 0 fully saturated rings. The quantitative estimate of drug-likeness (QED) is 0.0923. The van der Waals surface area contributed by atoms with Crippen LogP contribution in [0.1, 0.15) is 84.6 Å². The van der Waals surface area contributed by atoms with Crippen molar-refractivity contribution in [3.63, 3.8) is 0 Å². The number of hydrogen-bond donors (Lipinski definition) is 0. The molecule has 52 heavy (non-hydrogen) atoms. The third-order valence-corrected chi connectivity index (χ3v) is 9.29. The first-order chi connectivity index (χ1) is 24.6. The van der Waals surface area contributed by atoms with Gasteiger partial charge in [0.2, 0.25) is 0 Å². The number of halogens is 6. The molecule has 6 nitrogen and oxygen atoms in total. The Kier molecular flexibility index (Phi) is 17.6. The zero-order valence-corrected chi connectivity index (χ0v) is 31.3. The van der Waals surface area contributed by atoms with Crippen molar-refractivity contribution >= 4 is 17.1 Å². The van der Waals surface area contributed by atoms with Crippen LogP contribution in [-0.4, -0.2) is 57.1 Å². The molecular formula is C40H53F6N6+. The number of rotatable bonds is 17. The second-order valence-electron chi connectivity index (χ2n) is 13.5. The highest BCUT2D eigenvalue weighted by molar-refractivity contribution is 5.65. The fraction of sp³-hybridized carbons (Fsp3) is 0.550. The monoisotopic (exact) mass is 731 g/mol. The highest BCUT2D eigenvalue weighted by atomic mass is 19.4. The summed E-state index contributed by atoms with van der Waals surface area (Å²) in [6.07, 6.45) is -0.0855. The highest BCUT2D eigenvalue weighted by Crippen LogP contribution is 2.51. The minimum absolute atomic E-state index is 0.143. The molecule has 1 aliphatic rings. The lowest BCUT2D eigenvalue weighted by Gasteiger charge is -2.39. The molecule has 3 rings (SSSR count). The van der Waals surface area contributed by atoms with Gasteiger partial charge in [-0.25, -0.2) is 0 Å². The first-order valence-electron chi connectivity index (χ1n) is 18.2. The van der Waals surface area contributed by atoms with E-state index in [4.69, 9.17) is 10.5 Å². The lowest BCUT2D eigenvalue weighted by molar-refractivity contribution is -0.929. The van der Waals surface area contributed by atoms with Gasteiger partial charge in [0.1, 0.15) is 12.1 Å². The Morgan fingerprint density at radius 2 is 0.962 bits per heavy atom. The largest absolute Gasteiger partial charge is 0.414 e. The summed E-state index contributed by atoms with van der Waals surface area (Å²) in [5.41, 5.74) is -3.90. The van der Waals surface area contributed by atoms with Crippen LogP contribution in [-0.2, 0) is 6.42 Å². The van der Waals surface area contributed by atoms with Crippen molar-refractivity contribution in [1.82, 2.24) is 0 Å². The molecule has 0 N–H and O–H groups in total. The van der Waals surface area contributed by atoms with E-state index in [1.165, 1.54) is 106 Å². The van der Waals surface area contributed by atoms with Gasteiger partial charge in [-0.15, -0.1) is 0 Å². The van der Waals surface area contributed by atoms with Gasteiger partial charge in [0.25, 0.3) is 0 Å². The maximum Gasteiger partial charge on any atom is 0.414 e. The Hall–Kier alpha value is -4.16. The Labute approximate surface area is 305 Å². The SMILES string of the molecule is CCCC[N+](CCCC)(CCCC)CCCC.CN(C)c1ccc(N=Nc2ccc(CC3C(C(F)(F)F)=C(C#N)C(C#N)=C3C(F)(F)F)cc2)cc1. The number of unbranched alkanes of at least 4 members (excludes halogenated alkanes) is 4. The number of hydrogen-bond acceptors (Lipinski definition) is 5. The van der Waals surface area contributed by atoms with Crippen molar-refractivity contribution in [2.75, 3.05) is 45.2 Å². The smallest absolute Gasteiger partial charge is 0.378 e. The fourth-order valence-electron chi connectivity index (χ4n) is 6.39. The topological polar surface area (TPSA) is 75.5 Å². The minimum Gasteiger partial charge on any atom is -0.378 e. The number of nitrogens with zero attached hydrogens (tertiary/aromatic N) is 6. The normalized spacial score (nSPS) is 14.0. The van der Waals surface area contributed by atoms with E-state index in [9.17, 15) is 26.3 Å². The average Bonchev–Trinajstić information content (AvgIpc) is 3.45. The van der Waals surface area contributed by atoms with Crippen LogP contribution in [0.2, 0.25) is 0 Å². The van der Waals surface area contributed by atoms with Gasteiger partial charge in [0.15, 0.2) is 0 Å². The van der Waals surface area contributed by atoms with Crippen LogP contribution >= 0.6 is 0 Å². The number of nitriles is 2. The molecule has 0 amide bonds. The summed E-state index contributed by atoms with van der Waals surface area (Å²) in [6, 6.07) is 14.9. The summed E-state index contributed by atoms with van der Waals surface area (Å²) in [5.74, 6) is -2.23. The van der Waals surface area contributed by atoms with E-state index in [2.05, 4.69) is 37.9 Å². The van der Waals surface area contributed by atoms with E-state index in [1.54, 1.807) is 12.1 Å². The second kappa shape index (κ2) is 20.8. The summed E-state index contributed by atoms with van der Waals surface area (Å²) in [5, 5.41) is 26.3. The van der Waals surface area contributed by atoms with Gasteiger partial charge >= 0.3 is 12.4 Å². The van der Waals surface area contributed by atoms with Crippen molar-refractivity contribution in [3.8, 4) is 12.1 Å². The van der Waals surface area contributed by atoms with E-state index in [1.807, 2.05) is 31.1 Å². The van der Waals surface area contributed by atoms with Gasteiger partial charge in [-0.05, 0) is 74.1 Å². The Bertz CT molecular complexity index is 1490. The first-order valence-corrected chi connectivity index (χ1v) is 18.2. The van der Waals surface area contributed by atoms with Crippen LogP contribution in [0, 0.1) is 28.6 Å². The Morgan fingerprint density at radius 3 is 1.25 bits per heavy atom. The molecule has 0 aliphatic heterocycles. The molecule has 2 aromatic rings. The molecule has 2 aromatic carbocycles. The molecule has 0 radical (unpaired) electrons. The maximum absolute atomic E-state index is 13.7. The number of azo groups is 1. The molecule has 0 bridgehead atoms. The van der Waals surface area contributed by atoms with Gasteiger partial charge in [-0.2, -0.15) is 47.1 Å². The van der Waals surface area contributed by atoms with E-state index in [0.717, 1.165) is 17.8 Å². The van der Waals surface area contributed by atoms with Gasteiger partial charge < -0.3 is 9.38 Å². The first kappa shape index (κ1) is 44.0. The maximum atomic E-state index is 13.7. The lowest BCUT2D eigenvalue weighted by Crippen LogP contribution is -2.50. The van der Waals surface area contributed by atoms with Crippen LogP contribution in [0.5, 0.6) is 0 Å². The van der Waals surface area contributed by atoms with E-state index in [0.29, 0.717) is 11.4 Å². The zero-order chi connectivity index (χ0) is 39.0. The standard InChI is InChI=1S/C24H17F6N5.C16H36N/c1-35(2)17-9-7-16(8-10-17)34-33-15-5-3-14(4-6-15)11-18-21(23(25,26)27)19(12-31)20(13-32)22(18)24(28,29)30;1-5-9-13-17(14-10-6-2,15-11-7-3)16-12-8-4/h3-10,18H,11H2,1-2H3;5-16H2,1-4H3/q;+1. The third-order valence-electron chi connectivity index (χ3n) is 9.29. The van der Waals surface area contributed by atoms with Crippen molar-refractivity contribution in [2.24, 2.45) is 16.1 Å². The Balaban J connectivity index is 0.000000465. The van der Waals surface area contributed by atoms with Crippen molar-refractivity contribution < 1.29 is 30.8 Å². The van der Waals surface area contributed by atoms with E-state index in [-0.39, 0.29) is 5.56 Å².